The lowest BCUT2D eigenvalue weighted by Gasteiger charge is -2.26. The highest BCUT2D eigenvalue weighted by atomic mass is 16.4. The summed E-state index contributed by atoms with van der Waals surface area (Å²) in [5.41, 5.74) is 3.66. The van der Waals surface area contributed by atoms with Gasteiger partial charge in [-0.2, -0.15) is 0 Å². The molecule has 0 unspecified atom stereocenters. The van der Waals surface area contributed by atoms with Gasteiger partial charge in [-0.1, -0.05) is 99.5 Å². The maximum Gasteiger partial charge on any atom is 0.139 e. The van der Waals surface area contributed by atoms with E-state index in [9.17, 15) is 30.6 Å². The van der Waals surface area contributed by atoms with Gasteiger partial charge in [-0.05, 0) is 81.6 Å². The predicted octanol–water partition coefficient (Wildman–Crippen LogP) is 6.62. The fourth-order valence-electron chi connectivity index (χ4n) is 5.43. The first-order chi connectivity index (χ1) is 20.3. The van der Waals surface area contributed by atoms with Crippen molar-refractivity contribution in [2.45, 2.75) is 76.8 Å². The van der Waals surface area contributed by atoms with Crippen molar-refractivity contribution in [1.82, 2.24) is 0 Å². The van der Waals surface area contributed by atoms with E-state index in [1.54, 1.807) is 12.1 Å². The second-order valence-electron chi connectivity index (χ2n) is 10.9. The maximum atomic E-state index is 10.7. The molecule has 0 aromatic heterocycles. The van der Waals surface area contributed by atoms with E-state index in [0.29, 0.717) is 11.1 Å². The van der Waals surface area contributed by atoms with E-state index in [2.05, 4.69) is 26.0 Å². The van der Waals surface area contributed by atoms with Crippen molar-refractivity contribution >= 4 is 33.7 Å². The van der Waals surface area contributed by atoms with Gasteiger partial charge < -0.3 is 30.6 Å². The van der Waals surface area contributed by atoms with Crippen molar-refractivity contribution in [1.29, 1.82) is 0 Å². The average molecular weight is 571 g/mol. The summed E-state index contributed by atoms with van der Waals surface area (Å²) in [6, 6.07) is 23.2. The molecule has 4 rings (SSSR count). The monoisotopic (exact) mass is 570 g/mol. The van der Waals surface area contributed by atoms with Crippen LogP contribution in [0.25, 0.3) is 33.7 Å². The number of rotatable bonds is 13. The number of benzene rings is 4. The lowest BCUT2D eigenvalue weighted by molar-refractivity contribution is -0.0996. The van der Waals surface area contributed by atoms with Gasteiger partial charge in [0.05, 0.1) is 0 Å². The molecule has 4 aromatic carbocycles. The van der Waals surface area contributed by atoms with Crippen LogP contribution in [0.15, 0.2) is 84.3 Å². The van der Waals surface area contributed by atoms with E-state index in [1.165, 1.54) is 23.3 Å². The van der Waals surface area contributed by atoms with E-state index in [1.807, 2.05) is 48.5 Å². The zero-order valence-corrected chi connectivity index (χ0v) is 24.3. The first-order valence-corrected chi connectivity index (χ1v) is 14.8. The highest BCUT2D eigenvalue weighted by Crippen LogP contribution is 2.28. The molecule has 0 bridgehead atoms. The SMILES string of the molecule is CCCCc1cccc2c(C=C(O)[C@@H](O)[C@@H](O)[C@H](O)[C@H](O)C(O)=Cc3cccc4c(CCCC)cccc34)cccc12. The van der Waals surface area contributed by atoms with Crippen molar-refractivity contribution in [2.75, 3.05) is 0 Å². The first-order valence-electron chi connectivity index (χ1n) is 14.8. The van der Waals surface area contributed by atoms with Crippen LogP contribution in [0.3, 0.4) is 0 Å². The Morgan fingerprint density at radius 2 is 0.905 bits per heavy atom. The number of aryl methyl sites for hydroxylation is 2. The highest BCUT2D eigenvalue weighted by molar-refractivity contribution is 5.94. The quantitative estimate of drug-likeness (QED) is 0.101. The van der Waals surface area contributed by atoms with E-state index in [0.717, 1.165) is 60.1 Å². The van der Waals surface area contributed by atoms with E-state index < -0.39 is 35.9 Å². The van der Waals surface area contributed by atoms with Crippen molar-refractivity contribution in [2.24, 2.45) is 0 Å². The number of aliphatic hydroxyl groups is 6. The summed E-state index contributed by atoms with van der Waals surface area (Å²) in [4.78, 5) is 0. The molecule has 0 saturated heterocycles. The van der Waals surface area contributed by atoms with Gasteiger partial charge in [0.2, 0.25) is 0 Å². The number of hydrogen-bond donors (Lipinski definition) is 6. The Balaban J connectivity index is 1.54. The summed E-state index contributed by atoms with van der Waals surface area (Å²) in [7, 11) is 0. The number of fused-ring (bicyclic) bond motifs is 2. The molecule has 222 valence electrons. The van der Waals surface area contributed by atoms with Gasteiger partial charge in [0, 0.05) is 0 Å². The van der Waals surface area contributed by atoms with Crippen LogP contribution >= 0.6 is 0 Å². The molecule has 4 aromatic rings. The predicted molar refractivity (Wildman–Crippen MR) is 170 cm³/mol. The molecule has 0 aliphatic carbocycles. The lowest BCUT2D eigenvalue weighted by Crippen LogP contribution is -2.45. The van der Waals surface area contributed by atoms with Crippen LogP contribution < -0.4 is 0 Å². The minimum Gasteiger partial charge on any atom is -0.509 e. The minimum atomic E-state index is -1.98. The topological polar surface area (TPSA) is 121 Å². The summed E-state index contributed by atoms with van der Waals surface area (Å²) in [5, 5.41) is 68.0. The molecule has 0 aliphatic heterocycles. The van der Waals surface area contributed by atoms with Crippen LogP contribution in [-0.2, 0) is 12.8 Å². The van der Waals surface area contributed by atoms with E-state index in [-0.39, 0.29) is 0 Å². The Morgan fingerprint density at radius 1 is 0.548 bits per heavy atom. The Morgan fingerprint density at radius 3 is 1.29 bits per heavy atom. The summed E-state index contributed by atoms with van der Waals surface area (Å²) in [6.07, 6.45) is 1.03. The van der Waals surface area contributed by atoms with Gasteiger partial charge >= 0.3 is 0 Å². The maximum absolute atomic E-state index is 10.7. The Bertz CT molecular complexity index is 1440. The highest BCUT2D eigenvalue weighted by Gasteiger charge is 2.34. The molecule has 0 amide bonds. The van der Waals surface area contributed by atoms with Gasteiger partial charge in [0.15, 0.2) is 0 Å². The summed E-state index contributed by atoms with van der Waals surface area (Å²) >= 11 is 0. The molecule has 6 nitrogen and oxygen atoms in total. The zero-order valence-electron chi connectivity index (χ0n) is 24.3. The third kappa shape index (κ3) is 7.02. The summed E-state index contributed by atoms with van der Waals surface area (Å²) < 4.78 is 0. The molecule has 0 saturated carbocycles. The number of unbranched alkanes of at least 4 members (excludes halogenated alkanes) is 2. The van der Waals surface area contributed by atoms with Gasteiger partial charge in [0.1, 0.15) is 35.9 Å². The Labute approximate surface area is 247 Å². The molecule has 6 heteroatoms. The van der Waals surface area contributed by atoms with Gasteiger partial charge in [0.25, 0.3) is 0 Å². The molecule has 6 N–H and O–H groups in total. The van der Waals surface area contributed by atoms with E-state index >= 15 is 0 Å². The van der Waals surface area contributed by atoms with Crippen LogP contribution in [0.2, 0.25) is 0 Å². The molecular weight excluding hydrogens is 528 g/mol. The molecule has 0 spiro atoms. The van der Waals surface area contributed by atoms with Crippen molar-refractivity contribution in [3.63, 3.8) is 0 Å². The number of hydrogen-bond acceptors (Lipinski definition) is 6. The smallest absolute Gasteiger partial charge is 0.139 e. The third-order valence-electron chi connectivity index (χ3n) is 7.90. The summed E-state index contributed by atoms with van der Waals surface area (Å²) in [6.45, 7) is 4.27. The minimum absolute atomic E-state index is 0.572. The molecule has 0 aliphatic rings. The van der Waals surface area contributed by atoms with Crippen molar-refractivity contribution < 1.29 is 30.6 Å². The van der Waals surface area contributed by atoms with Crippen LogP contribution in [-0.4, -0.2) is 55.1 Å². The fraction of sp³-hybridized carbons (Fsp3) is 0.333. The van der Waals surface area contributed by atoms with Gasteiger partial charge in [-0.3, -0.25) is 0 Å². The second-order valence-corrected chi connectivity index (χ2v) is 10.9. The molecular formula is C36H42O6. The second kappa shape index (κ2) is 14.5. The normalized spacial score (nSPS) is 15.6. The largest absolute Gasteiger partial charge is 0.509 e. The molecule has 0 heterocycles. The van der Waals surface area contributed by atoms with E-state index in [4.69, 9.17) is 0 Å². The molecule has 42 heavy (non-hydrogen) atoms. The third-order valence-corrected chi connectivity index (χ3v) is 7.90. The van der Waals surface area contributed by atoms with Crippen molar-refractivity contribution in [3.8, 4) is 0 Å². The fourth-order valence-corrected chi connectivity index (χ4v) is 5.43. The van der Waals surface area contributed by atoms with Crippen LogP contribution in [0, 0.1) is 0 Å². The number of aliphatic hydroxyl groups excluding tert-OH is 6. The Kier molecular flexibility index (Phi) is 10.8. The Hall–Kier alpha value is -3.68. The first kappa shape index (κ1) is 31.3. The van der Waals surface area contributed by atoms with Gasteiger partial charge in [-0.25, -0.2) is 0 Å². The molecule has 4 atom stereocenters. The van der Waals surface area contributed by atoms with Crippen LogP contribution in [0.1, 0.15) is 61.8 Å². The standard InChI is InChI=1S/C36H42O6/c1-3-5-11-23-13-7-19-29-25(15-9-17-27(23)29)21-31(37)33(39)35(41)36(42)34(40)32(38)22-26-16-10-18-28-24(12-6-4-2)14-8-20-30(26)28/h7-10,13-22,33-42H,3-6,11-12H2,1-2H3/t33-,34-,35-,36-/m1/s1. The average Bonchev–Trinajstić information content (AvgIpc) is 3.01. The summed E-state index contributed by atoms with van der Waals surface area (Å²) in [5.74, 6) is -1.14. The zero-order chi connectivity index (χ0) is 30.2. The molecule has 0 radical (unpaired) electrons. The lowest BCUT2D eigenvalue weighted by atomic mass is 9.94. The molecule has 0 fully saturated rings. The van der Waals surface area contributed by atoms with Crippen LogP contribution in [0.5, 0.6) is 0 Å². The van der Waals surface area contributed by atoms with Crippen molar-refractivity contribution in [3.05, 3.63) is 107 Å². The van der Waals surface area contributed by atoms with Crippen LogP contribution in [0.4, 0.5) is 0 Å². The van der Waals surface area contributed by atoms with Gasteiger partial charge in [-0.15, -0.1) is 0 Å².